The summed E-state index contributed by atoms with van der Waals surface area (Å²) in [4.78, 5) is 0.0547. The number of hydrogen-bond acceptors (Lipinski definition) is 2. The quantitative estimate of drug-likeness (QED) is 0.239. The summed E-state index contributed by atoms with van der Waals surface area (Å²) in [7, 11) is -4.11. The molecule has 0 heterocycles. The maximum absolute atomic E-state index is 11.4. The Kier molecular flexibility index (Phi) is 17.9. The molecule has 0 atom stereocenters. The average molecular weight is 437 g/mol. The van der Waals surface area contributed by atoms with Gasteiger partial charge in [-0.3, -0.25) is 4.55 Å². The van der Waals surface area contributed by atoms with Gasteiger partial charge in [-0.05, 0) is 36.5 Å². The van der Waals surface area contributed by atoms with E-state index in [9.17, 15) is 13.0 Å². The molecule has 0 amide bonds. The molecule has 1 aromatic rings. The molecule has 0 saturated carbocycles. The summed E-state index contributed by atoms with van der Waals surface area (Å²) in [5.74, 6) is 0. The molecule has 0 unspecified atom stereocenters. The molecule has 1 rings (SSSR count). The Hall–Kier alpha value is 0.766. The van der Waals surface area contributed by atoms with Gasteiger partial charge in [-0.15, -0.1) is 0 Å². The standard InChI is InChI=1S/C23H40O3S.K.H/c1-3-5-6-7-8-9-10-11-12-13-14-15-16-17-21-18-19-23(27(24,25)26)22(4-2)20-21;;/h18-20H,3-17H2,1-2H3,(H,24,25,26);;/q;+1;-1. The first-order chi connectivity index (χ1) is 13.0. The van der Waals surface area contributed by atoms with E-state index in [0.29, 0.717) is 12.0 Å². The molecule has 0 bridgehead atoms. The van der Waals surface area contributed by atoms with Gasteiger partial charge in [-0.25, -0.2) is 0 Å². The van der Waals surface area contributed by atoms with Gasteiger partial charge >= 0.3 is 51.4 Å². The van der Waals surface area contributed by atoms with Crippen molar-refractivity contribution in [3.8, 4) is 0 Å². The largest absolute Gasteiger partial charge is 1.00 e. The molecule has 0 radical (unpaired) electrons. The van der Waals surface area contributed by atoms with Gasteiger partial charge in [0.1, 0.15) is 0 Å². The predicted molar refractivity (Wildman–Crippen MR) is 116 cm³/mol. The molecule has 28 heavy (non-hydrogen) atoms. The fraction of sp³-hybridized carbons (Fsp3) is 0.739. The second-order valence-electron chi connectivity index (χ2n) is 7.76. The second kappa shape index (κ2) is 17.4. The molecule has 5 heteroatoms. The molecule has 0 saturated heterocycles. The predicted octanol–water partition coefficient (Wildman–Crippen LogP) is 4.25. The van der Waals surface area contributed by atoms with Gasteiger partial charge in [0.05, 0.1) is 4.90 Å². The summed E-state index contributed by atoms with van der Waals surface area (Å²) in [6.45, 7) is 4.18. The molecule has 0 spiro atoms. The number of aryl methyl sites for hydroxylation is 2. The first kappa shape index (κ1) is 28.8. The van der Waals surface area contributed by atoms with Crippen LogP contribution >= 0.6 is 0 Å². The zero-order valence-corrected chi connectivity index (χ0v) is 22.5. The number of benzene rings is 1. The zero-order valence-electron chi connectivity index (χ0n) is 19.5. The maximum atomic E-state index is 11.4. The van der Waals surface area contributed by atoms with E-state index in [2.05, 4.69) is 6.92 Å². The van der Waals surface area contributed by atoms with Gasteiger partial charge in [-0.1, -0.05) is 103 Å². The van der Waals surface area contributed by atoms with Crippen molar-refractivity contribution in [1.29, 1.82) is 0 Å². The Morgan fingerprint density at radius 2 is 1.25 bits per heavy atom. The van der Waals surface area contributed by atoms with Crippen LogP contribution in [0, 0.1) is 0 Å². The van der Waals surface area contributed by atoms with Crippen molar-refractivity contribution in [2.24, 2.45) is 0 Å². The number of hydrogen-bond donors (Lipinski definition) is 1. The zero-order chi connectivity index (χ0) is 20.0. The summed E-state index contributed by atoms with van der Waals surface area (Å²) in [6, 6.07) is 5.32. The van der Waals surface area contributed by atoms with Gasteiger partial charge in [0.15, 0.2) is 0 Å². The molecule has 0 fully saturated rings. The van der Waals surface area contributed by atoms with E-state index in [1.54, 1.807) is 6.07 Å². The molecule has 0 aliphatic carbocycles. The normalized spacial score (nSPS) is 11.4. The third kappa shape index (κ3) is 13.1. The molecule has 0 aliphatic rings. The molecule has 1 N–H and O–H groups in total. The van der Waals surface area contributed by atoms with Crippen molar-refractivity contribution in [2.75, 3.05) is 0 Å². The van der Waals surface area contributed by atoms with Crippen LogP contribution in [0.5, 0.6) is 0 Å². The number of rotatable bonds is 16. The monoisotopic (exact) mass is 436 g/mol. The van der Waals surface area contributed by atoms with E-state index >= 15 is 0 Å². The molecule has 0 aromatic heterocycles. The van der Waals surface area contributed by atoms with Gasteiger partial charge in [-0.2, -0.15) is 8.42 Å². The van der Waals surface area contributed by atoms with Gasteiger partial charge in [0.2, 0.25) is 0 Å². The maximum Gasteiger partial charge on any atom is 1.00 e. The van der Waals surface area contributed by atoms with Crippen molar-refractivity contribution in [1.82, 2.24) is 0 Å². The van der Waals surface area contributed by atoms with Crippen LogP contribution in [-0.2, 0) is 23.0 Å². The third-order valence-corrected chi connectivity index (χ3v) is 6.31. The van der Waals surface area contributed by atoms with Gasteiger partial charge in [0.25, 0.3) is 10.1 Å². The van der Waals surface area contributed by atoms with Crippen LogP contribution in [0.2, 0.25) is 0 Å². The van der Waals surface area contributed by atoms with Crippen LogP contribution in [0.3, 0.4) is 0 Å². The first-order valence-electron chi connectivity index (χ1n) is 11.1. The van der Waals surface area contributed by atoms with Crippen LogP contribution in [-0.4, -0.2) is 13.0 Å². The van der Waals surface area contributed by atoms with Crippen molar-refractivity contribution >= 4 is 10.1 Å². The van der Waals surface area contributed by atoms with Crippen molar-refractivity contribution < 1.29 is 65.8 Å². The van der Waals surface area contributed by atoms with Gasteiger partial charge in [0, 0.05) is 0 Å². The Morgan fingerprint density at radius 3 is 1.68 bits per heavy atom. The van der Waals surface area contributed by atoms with E-state index in [1.807, 2.05) is 19.1 Å². The summed E-state index contributed by atoms with van der Waals surface area (Å²) in [6.07, 6.45) is 19.1. The number of unbranched alkanes of at least 4 members (excludes halogenated alkanes) is 12. The Balaban J connectivity index is 0. The van der Waals surface area contributed by atoms with E-state index in [-0.39, 0.29) is 57.7 Å². The van der Waals surface area contributed by atoms with Crippen LogP contribution in [0.25, 0.3) is 0 Å². The summed E-state index contributed by atoms with van der Waals surface area (Å²) in [5.41, 5.74) is 1.88. The van der Waals surface area contributed by atoms with E-state index in [0.717, 1.165) is 12.8 Å². The minimum absolute atomic E-state index is 0. The minimum Gasteiger partial charge on any atom is -1.00 e. The molecular formula is C23H41KO3S. The van der Waals surface area contributed by atoms with E-state index < -0.39 is 10.1 Å². The van der Waals surface area contributed by atoms with Gasteiger partial charge < -0.3 is 1.43 Å². The van der Waals surface area contributed by atoms with E-state index in [1.165, 1.54) is 82.6 Å². The van der Waals surface area contributed by atoms with E-state index in [4.69, 9.17) is 0 Å². The Bertz CT molecular complexity index is 621. The fourth-order valence-electron chi connectivity index (χ4n) is 3.66. The average Bonchev–Trinajstić information content (AvgIpc) is 2.64. The molecule has 0 aliphatic heterocycles. The van der Waals surface area contributed by atoms with Crippen LogP contribution in [0.15, 0.2) is 23.1 Å². The Labute approximate surface area is 218 Å². The van der Waals surface area contributed by atoms with Crippen molar-refractivity contribution in [2.45, 2.75) is 115 Å². The van der Waals surface area contributed by atoms with Crippen LogP contribution in [0.1, 0.15) is 110 Å². The smallest absolute Gasteiger partial charge is 1.00 e. The summed E-state index contributed by atoms with van der Waals surface area (Å²) in [5, 5.41) is 0. The molecule has 1 aromatic carbocycles. The Morgan fingerprint density at radius 1 is 0.786 bits per heavy atom. The molecule has 158 valence electrons. The van der Waals surface area contributed by atoms with Crippen LogP contribution in [0.4, 0.5) is 0 Å². The third-order valence-electron chi connectivity index (χ3n) is 5.35. The molecular weight excluding hydrogens is 395 g/mol. The first-order valence-corrected chi connectivity index (χ1v) is 12.5. The van der Waals surface area contributed by atoms with Crippen molar-refractivity contribution in [3.63, 3.8) is 0 Å². The summed E-state index contributed by atoms with van der Waals surface area (Å²) >= 11 is 0. The van der Waals surface area contributed by atoms with Crippen molar-refractivity contribution in [3.05, 3.63) is 29.3 Å². The summed E-state index contributed by atoms with van der Waals surface area (Å²) < 4.78 is 32.0. The molecule has 3 nitrogen and oxygen atoms in total. The fourth-order valence-corrected chi connectivity index (χ4v) is 4.44. The second-order valence-corrected chi connectivity index (χ2v) is 9.15. The SMILES string of the molecule is CCCCCCCCCCCCCCCc1ccc(S(=O)(=O)O)c(CC)c1.[H-].[K+]. The minimum atomic E-state index is -4.11. The van der Waals surface area contributed by atoms with Crippen LogP contribution < -0.4 is 51.4 Å². The topological polar surface area (TPSA) is 54.4 Å².